The highest BCUT2D eigenvalue weighted by atomic mass is 16.2. The van der Waals surface area contributed by atoms with E-state index in [0.717, 1.165) is 37.2 Å². The fraction of sp³-hybridized carbons (Fsp3) is 0.529. The van der Waals surface area contributed by atoms with Crippen LogP contribution in [0.2, 0.25) is 0 Å². The number of likely N-dealkylation sites (tertiary alicyclic amines) is 1. The van der Waals surface area contributed by atoms with Gasteiger partial charge in [-0.1, -0.05) is 20.8 Å². The van der Waals surface area contributed by atoms with E-state index >= 15 is 0 Å². The molecule has 1 aliphatic rings. The summed E-state index contributed by atoms with van der Waals surface area (Å²) in [5.41, 5.74) is 1.55. The average molecular weight is 328 g/mol. The van der Waals surface area contributed by atoms with Crippen LogP contribution < -0.4 is 5.32 Å². The van der Waals surface area contributed by atoms with Crippen molar-refractivity contribution in [3.05, 3.63) is 36.2 Å². The Morgan fingerprint density at radius 1 is 1.25 bits per heavy atom. The first kappa shape index (κ1) is 16.4. The first-order valence-electron chi connectivity index (χ1n) is 8.34. The number of aromatic nitrogens is 4. The predicted molar refractivity (Wildman–Crippen MR) is 91.6 cm³/mol. The van der Waals surface area contributed by atoms with E-state index in [1.807, 2.05) is 11.1 Å². The van der Waals surface area contributed by atoms with Crippen LogP contribution in [0.1, 0.15) is 57.5 Å². The van der Waals surface area contributed by atoms with Gasteiger partial charge in [-0.15, -0.1) is 0 Å². The first-order chi connectivity index (χ1) is 11.4. The molecule has 1 unspecified atom stereocenters. The monoisotopic (exact) mass is 328 g/mol. The largest absolute Gasteiger partial charge is 0.322 e. The van der Waals surface area contributed by atoms with Gasteiger partial charge in [-0.2, -0.15) is 5.10 Å². The molecule has 7 nitrogen and oxygen atoms in total. The van der Waals surface area contributed by atoms with Crippen molar-refractivity contribution in [2.45, 2.75) is 51.5 Å². The lowest BCUT2D eigenvalue weighted by Gasteiger charge is -2.35. The van der Waals surface area contributed by atoms with Crippen molar-refractivity contribution in [3.8, 4) is 0 Å². The standard InChI is InChI=1S/C17H24N6O/c1-17(2,3)15-18-10-13(11-19-15)22-16(24)23-7-5-4-6-14(23)12-8-20-21-9-12/h8-11,14H,4-7H2,1-3H3,(H,20,21)(H,22,24). The van der Waals surface area contributed by atoms with E-state index in [9.17, 15) is 4.79 Å². The predicted octanol–water partition coefficient (Wildman–Crippen LogP) is 3.26. The van der Waals surface area contributed by atoms with E-state index in [0.29, 0.717) is 5.69 Å². The van der Waals surface area contributed by atoms with Crippen LogP contribution in [-0.2, 0) is 5.41 Å². The second kappa shape index (κ2) is 6.59. The molecule has 0 bridgehead atoms. The number of piperidine rings is 1. The van der Waals surface area contributed by atoms with Crippen LogP contribution in [0.4, 0.5) is 10.5 Å². The minimum absolute atomic E-state index is 0.0623. The Morgan fingerprint density at radius 3 is 2.62 bits per heavy atom. The molecule has 2 aromatic heterocycles. The van der Waals surface area contributed by atoms with Gasteiger partial charge in [-0.25, -0.2) is 14.8 Å². The number of hydrogen-bond donors (Lipinski definition) is 2. The van der Waals surface area contributed by atoms with Crippen molar-refractivity contribution < 1.29 is 4.79 Å². The topological polar surface area (TPSA) is 86.8 Å². The van der Waals surface area contributed by atoms with Gasteiger partial charge in [0.25, 0.3) is 0 Å². The highest BCUT2D eigenvalue weighted by Crippen LogP contribution is 2.30. The Balaban J connectivity index is 1.71. The Kier molecular flexibility index (Phi) is 4.51. The molecule has 1 aliphatic heterocycles. The normalized spacial score (nSPS) is 18.5. The zero-order valence-corrected chi connectivity index (χ0v) is 14.4. The average Bonchev–Trinajstić information content (AvgIpc) is 3.09. The number of rotatable bonds is 2. The fourth-order valence-electron chi connectivity index (χ4n) is 2.94. The van der Waals surface area contributed by atoms with Gasteiger partial charge in [0.05, 0.1) is 30.3 Å². The van der Waals surface area contributed by atoms with Crippen LogP contribution in [0.25, 0.3) is 0 Å². The molecule has 7 heteroatoms. The zero-order valence-electron chi connectivity index (χ0n) is 14.4. The summed E-state index contributed by atoms with van der Waals surface area (Å²) >= 11 is 0. The van der Waals surface area contributed by atoms with Gasteiger partial charge in [0, 0.05) is 23.7 Å². The number of carbonyl (C=O) groups excluding carboxylic acids is 1. The molecule has 3 heterocycles. The van der Waals surface area contributed by atoms with E-state index in [4.69, 9.17) is 0 Å². The third kappa shape index (κ3) is 3.55. The summed E-state index contributed by atoms with van der Waals surface area (Å²) in [6.07, 6.45) is 10.1. The second-order valence-corrected chi connectivity index (χ2v) is 7.21. The number of H-pyrrole nitrogens is 1. The zero-order chi connectivity index (χ0) is 17.2. The number of amides is 2. The van der Waals surface area contributed by atoms with Crippen LogP contribution in [0.5, 0.6) is 0 Å². The van der Waals surface area contributed by atoms with Crippen LogP contribution >= 0.6 is 0 Å². The van der Waals surface area contributed by atoms with Gasteiger partial charge in [0.15, 0.2) is 0 Å². The van der Waals surface area contributed by atoms with E-state index in [2.05, 4.69) is 46.3 Å². The van der Waals surface area contributed by atoms with E-state index < -0.39 is 0 Å². The van der Waals surface area contributed by atoms with E-state index in [-0.39, 0.29) is 17.5 Å². The molecule has 2 aromatic rings. The maximum absolute atomic E-state index is 12.7. The lowest BCUT2D eigenvalue weighted by Crippen LogP contribution is -2.41. The number of anilines is 1. The quantitative estimate of drug-likeness (QED) is 0.886. The van der Waals surface area contributed by atoms with Crippen molar-refractivity contribution >= 4 is 11.7 Å². The summed E-state index contributed by atoms with van der Waals surface area (Å²) in [7, 11) is 0. The summed E-state index contributed by atoms with van der Waals surface area (Å²) in [6, 6.07) is -0.0553. The molecular weight excluding hydrogens is 304 g/mol. The SMILES string of the molecule is CC(C)(C)c1ncc(NC(=O)N2CCCCC2c2cn[nH]c2)cn1. The van der Waals surface area contributed by atoms with Gasteiger partial charge in [-0.3, -0.25) is 5.10 Å². The maximum atomic E-state index is 12.7. The van der Waals surface area contributed by atoms with Gasteiger partial charge in [0.1, 0.15) is 5.82 Å². The molecule has 0 aromatic carbocycles. The number of carbonyl (C=O) groups is 1. The minimum Gasteiger partial charge on any atom is -0.317 e. The van der Waals surface area contributed by atoms with Crippen molar-refractivity contribution in [2.75, 3.05) is 11.9 Å². The smallest absolute Gasteiger partial charge is 0.317 e. The van der Waals surface area contributed by atoms with Gasteiger partial charge >= 0.3 is 6.03 Å². The number of aromatic amines is 1. The first-order valence-corrected chi connectivity index (χ1v) is 8.34. The minimum atomic E-state index is -0.118. The third-order valence-electron chi connectivity index (χ3n) is 4.24. The van der Waals surface area contributed by atoms with Crippen molar-refractivity contribution in [1.29, 1.82) is 0 Å². The molecule has 3 rings (SSSR count). The number of hydrogen-bond acceptors (Lipinski definition) is 4. The van der Waals surface area contributed by atoms with Crippen LogP contribution in [0, 0.1) is 0 Å². The molecule has 0 spiro atoms. The van der Waals surface area contributed by atoms with Gasteiger partial charge in [0.2, 0.25) is 0 Å². The Morgan fingerprint density at radius 2 is 2.00 bits per heavy atom. The Labute approximate surface area is 141 Å². The molecule has 2 amide bonds. The second-order valence-electron chi connectivity index (χ2n) is 7.21. The molecule has 2 N–H and O–H groups in total. The Hall–Kier alpha value is -2.44. The van der Waals surface area contributed by atoms with Crippen LogP contribution in [-0.4, -0.2) is 37.6 Å². The number of nitrogens with zero attached hydrogens (tertiary/aromatic N) is 4. The summed E-state index contributed by atoms with van der Waals surface area (Å²) in [5, 5.41) is 9.75. The number of nitrogens with one attached hydrogen (secondary N) is 2. The Bertz CT molecular complexity index is 674. The summed E-state index contributed by atoms with van der Waals surface area (Å²) < 4.78 is 0. The van der Waals surface area contributed by atoms with Crippen LogP contribution in [0.3, 0.4) is 0 Å². The molecule has 1 atom stereocenters. The molecule has 1 saturated heterocycles. The van der Waals surface area contributed by atoms with Crippen LogP contribution in [0.15, 0.2) is 24.8 Å². The summed E-state index contributed by atoms with van der Waals surface area (Å²) in [5.74, 6) is 0.759. The lowest BCUT2D eigenvalue weighted by atomic mass is 9.96. The summed E-state index contributed by atoms with van der Waals surface area (Å²) in [4.78, 5) is 23.3. The molecule has 24 heavy (non-hydrogen) atoms. The molecule has 0 saturated carbocycles. The highest BCUT2D eigenvalue weighted by molar-refractivity contribution is 5.89. The van der Waals surface area contributed by atoms with Gasteiger partial charge < -0.3 is 10.2 Å². The molecule has 0 aliphatic carbocycles. The van der Waals surface area contributed by atoms with Crippen molar-refractivity contribution in [1.82, 2.24) is 25.1 Å². The van der Waals surface area contributed by atoms with Crippen molar-refractivity contribution in [2.24, 2.45) is 0 Å². The maximum Gasteiger partial charge on any atom is 0.322 e. The fourth-order valence-corrected chi connectivity index (χ4v) is 2.94. The molecule has 128 valence electrons. The summed E-state index contributed by atoms with van der Waals surface area (Å²) in [6.45, 7) is 6.92. The van der Waals surface area contributed by atoms with Crippen molar-refractivity contribution in [3.63, 3.8) is 0 Å². The highest BCUT2D eigenvalue weighted by Gasteiger charge is 2.28. The third-order valence-corrected chi connectivity index (χ3v) is 4.24. The van der Waals surface area contributed by atoms with Gasteiger partial charge in [-0.05, 0) is 19.3 Å². The molecular formula is C17H24N6O. The molecule has 0 radical (unpaired) electrons. The molecule has 1 fully saturated rings. The lowest BCUT2D eigenvalue weighted by molar-refractivity contribution is 0.163. The number of urea groups is 1. The van der Waals surface area contributed by atoms with E-state index in [1.54, 1.807) is 18.6 Å². The van der Waals surface area contributed by atoms with E-state index in [1.165, 1.54) is 0 Å².